The van der Waals surface area contributed by atoms with Crippen LogP contribution in [0.15, 0.2) is 48.5 Å². The molecule has 1 heterocycles. The Morgan fingerprint density at radius 3 is 2.78 bits per heavy atom. The van der Waals surface area contributed by atoms with E-state index in [9.17, 15) is 14.0 Å². The van der Waals surface area contributed by atoms with Crippen molar-refractivity contribution in [1.82, 2.24) is 5.32 Å². The summed E-state index contributed by atoms with van der Waals surface area (Å²) in [5.74, 6) is -1.11. The van der Waals surface area contributed by atoms with Gasteiger partial charge in [0.2, 0.25) is 5.91 Å². The van der Waals surface area contributed by atoms with Gasteiger partial charge in [0.1, 0.15) is 5.82 Å². The Labute approximate surface area is 133 Å². The Bertz CT molecular complexity index is 760. The first kappa shape index (κ1) is 15.2. The lowest BCUT2D eigenvalue weighted by molar-refractivity contribution is -0.118. The van der Waals surface area contributed by atoms with Crippen LogP contribution in [0.1, 0.15) is 22.8 Å². The van der Waals surface area contributed by atoms with Crippen LogP contribution in [0.4, 0.5) is 10.1 Å². The van der Waals surface area contributed by atoms with Crippen molar-refractivity contribution in [2.24, 2.45) is 0 Å². The lowest BCUT2D eigenvalue weighted by atomic mass is 10.1. The maximum absolute atomic E-state index is 13.1. The zero-order chi connectivity index (χ0) is 16.4. The molecule has 5 heteroatoms. The van der Waals surface area contributed by atoms with Crippen molar-refractivity contribution in [2.75, 3.05) is 11.4 Å². The van der Waals surface area contributed by atoms with E-state index in [4.69, 9.17) is 0 Å². The van der Waals surface area contributed by atoms with Crippen LogP contribution in [0, 0.1) is 5.82 Å². The van der Waals surface area contributed by atoms with Crippen molar-refractivity contribution in [3.05, 3.63) is 65.5 Å². The Kier molecular flexibility index (Phi) is 4.10. The van der Waals surface area contributed by atoms with Crippen molar-refractivity contribution in [3.8, 4) is 0 Å². The monoisotopic (exact) mass is 312 g/mol. The summed E-state index contributed by atoms with van der Waals surface area (Å²) in [7, 11) is 0. The minimum Gasteiger partial charge on any atom is -0.343 e. The zero-order valence-electron chi connectivity index (χ0n) is 12.8. The molecule has 1 aliphatic heterocycles. The van der Waals surface area contributed by atoms with Crippen molar-refractivity contribution in [3.63, 3.8) is 0 Å². The summed E-state index contributed by atoms with van der Waals surface area (Å²) >= 11 is 0. The van der Waals surface area contributed by atoms with Gasteiger partial charge in [-0.3, -0.25) is 9.59 Å². The first-order valence-corrected chi connectivity index (χ1v) is 7.50. The molecule has 0 bridgehead atoms. The molecule has 0 aromatic heterocycles. The summed E-state index contributed by atoms with van der Waals surface area (Å²) in [5.41, 5.74) is 2.22. The third-order valence-electron chi connectivity index (χ3n) is 3.96. The smallest absolute Gasteiger partial charge is 0.251 e. The average molecular weight is 312 g/mol. The highest BCUT2D eigenvalue weighted by molar-refractivity contribution is 6.01. The molecule has 4 nitrogen and oxygen atoms in total. The molecule has 23 heavy (non-hydrogen) atoms. The normalized spacial score (nSPS) is 16.1. The lowest BCUT2D eigenvalue weighted by Crippen LogP contribution is -2.43. The van der Waals surface area contributed by atoms with Crippen LogP contribution in [0.2, 0.25) is 0 Å². The van der Waals surface area contributed by atoms with Gasteiger partial charge in [0.25, 0.3) is 5.91 Å². The first-order chi connectivity index (χ1) is 11.1. The quantitative estimate of drug-likeness (QED) is 0.947. The van der Waals surface area contributed by atoms with Gasteiger partial charge in [-0.05, 0) is 43.2 Å². The number of halogens is 1. The van der Waals surface area contributed by atoms with Gasteiger partial charge in [0.15, 0.2) is 0 Å². The molecule has 0 saturated carbocycles. The van der Waals surface area contributed by atoms with Gasteiger partial charge in [-0.25, -0.2) is 4.39 Å². The number of rotatable bonds is 3. The van der Waals surface area contributed by atoms with E-state index in [0.29, 0.717) is 0 Å². The number of fused-ring (bicyclic) bond motifs is 1. The maximum Gasteiger partial charge on any atom is 0.251 e. The van der Waals surface area contributed by atoms with E-state index in [2.05, 4.69) is 5.32 Å². The number of hydrogen-bond acceptors (Lipinski definition) is 2. The van der Waals surface area contributed by atoms with E-state index < -0.39 is 11.7 Å². The van der Waals surface area contributed by atoms with E-state index in [1.54, 1.807) is 4.90 Å². The van der Waals surface area contributed by atoms with E-state index in [1.165, 1.54) is 18.2 Å². The highest BCUT2D eigenvalue weighted by Crippen LogP contribution is 2.31. The van der Waals surface area contributed by atoms with Crippen LogP contribution in [0.25, 0.3) is 0 Å². The molecule has 1 N–H and O–H groups in total. The summed E-state index contributed by atoms with van der Waals surface area (Å²) < 4.78 is 13.1. The standard InChI is InChI=1S/C18H17FN2O2/c1-12-9-13-5-2-3-8-16(13)21(12)17(22)11-20-18(23)14-6-4-7-15(19)10-14/h2-8,10,12H,9,11H2,1H3,(H,20,23). The molecule has 2 aromatic carbocycles. The molecule has 0 saturated heterocycles. The average Bonchev–Trinajstić information content (AvgIpc) is 2.88. The Morgan fingerprint density at radius 1 is 1.22 bits per heavy atom. The number of benzene rings is 2. The summed E-state index contributed by atoms with van der Waals surface area (Å²) in [5, 5.41) is 2.56. The molecule has 3 rings (SSSR count). The fourth-order valence-electron chi connectivity index (χ4n) is 2.92. The molecule has 0 aliphatic carbocycles. The SMILES string of the molecule is CC1Cc2ccccc2N1C(=O)CNC(=O)c1cccc(F)c1. The number of nitrogens with zero attached hydrogens (tertiary/aromatic N) is 1. The van der Waals surface area contributed by atoms with Crippen LogP contribution in [0.5, 0.6) is 0 Å². The summed E-state index contributed by atoms with van der Waals surface area (Å²) in [4.78, 5) is 26.2. The van der Waals surface area contributed by atoms with Crippen LogP contribution in [-0.4, -0.2) is 24.4 Å². The van der Waals surface area contributed by atoms with Gasteiger partial charge >= 0.3 is 0 Å². The van der Waals surface area contributed by atoms with E-state index >= 15 is 0 Å². The second-order valence-corrected chi connectivity index (χ2v) is 5.64. The van der Waals surface area contributed by atoms with Gasteiger partial charge in [0, 0.05) is 17.3 Å². The zero-order valence-corrected chi connectivity index (χ0v) is 12.8. The van der Waals surface area contributed by atoms with Gasteiger partial charge in [-0.1, -0.05) is 24.3 Å². The molecule has 0 spiro atoms. The fraction of sp³-hybridized carbons (Fsp3) is 0.222. The molecule has 1 unspecified atom stereocenters. The van der Waals surface area contributed by atoms with Crippen molar-refractivity contribution < 1.29 is 14.0 Å². The molecule has 118 valence electrons. The van der Waals surface area contributed by atoms with E-state index in [-0.39, 0.29) is 24.1 Å². The Morgan fingerprint density at radius 2 is 2.00 bits per heavy atom. The summed E-state index contributed by atoms with van der Waals surface area (Å²) in [6, 6.07) is 13.2. The highest BCUT2D eigenvalue weighted by Gasteiger charge is 2.30. The summed E-state index contributed by atoms with van der Waals surface area (Å²) in [6.45, 7) is 1.86. The number of amides is 2. The molecule has 1 atom stereocenters. The van der Waals surface area contributed by atoms with Gasteiger partial charge in [0.05, 0.1) is 6.54 Å². The summed E-state index contributed by atoms with van der Waals surface area (Å²) in [6.07, 6.45) is 0.805. The minimum absolute atomic E-state index is 0.0611. The fourth-order valence-corrected chi connectivity index (χ4v) is 2.92. The van der Waals surface area contributed by atoms with Crippen LogP contribution < -0.4 is 10.2 Å². The Balaban J connectivity index is 1.67. The number of anilines is 1. The van der Waals surface area contributed by atoms with E-state index in [1.807, 2.05) is 31.2 Å². The number of hydrogen-bond donors (Lipinski definition) is 1. The lowest BCUT2D eigenvalue weighted by Gasteiger charge is -2.22. The number of carbonyl (C=O) groups excluding carboxylic acids is 2. The van der Waals surface area contributed by atoms with Crippen LogP contribution in [0.3, 0.4) is 0 Å². The molecule has 1 aliphatic rings. The molecule has 0 fully saturated rings. The van der Waals surface area contributed by atoms with Gasteiger partial charge in [-0.15, -0.1) is 0 Å². The van der Waals surface area contributed by atoms with Crippen LogP contribution >= 0.6 is 0 Å². The number of carbonyl (C=O) groups is 2. The van der Waals surface area contributed by atoms with Crippen molar-refractivity contribution >= 4 is 17.5 Å². The van der Waals surface area contributed by atoms with E-state index in [0.717, 1.165) is 23.7 Å². The third kappa shape index (κ3) is 3.08. The third-order valence-corrected chi connectivity index (χ3v) is 3.96. The predicted molar refractivity (Wildman–Crippen MR) is 85.8 cm³/mol. The second-order valence-electron chi connectivity index (χ2n) is 5.64. The van der Waals surface area contributed by atoms with Crippen molar-refractivity contribution in [1.29, 1.82) is 0 Å². The molecular formula is C18H17FN2O2. The number of nitrogens with one attached hydrogen (secondary N) is 1. The topological polar surface area (TPSA) is 49.4 Å². The molecule has 0 radical (unpaired) electrons. The van der Waals surface area contributed by atoms with Crippen LogP contribution in [-0.2, 0) is 11.2 Å². The van der Waals surface area contributed by atoms with Crippen molar-refractivity contribution in [2.45, 2.75) is 19.4 Å². The molecule has 2 aromatic rings. The largest absolute Gasteiger partial charge is 0.343 e. The highest BCUT2D eigenvalue weighted by atomic mass is 19.1. The number of para-hydroxylation sites is 1. The molecule has 2 amide bonds. The minimum atomic E-state index is -0.480. The molecular weight excluding hydrogens is 295 g/mol. The van der Waals surface area contributed by atoms with Gasteiger partial charge < -0.3 is 10.2 Å². The first-order valence-electron chi connectivity index (χ1n) is 7.50. The second kappa shape index (κ2) is 6.20. The predicted octanol–water partition coefficient (Wildman–Crippen LogP) is 2.53. The van der Waals surface area contributed by atoms with Gasteiger partial charge in [-0.2, -0.15) is 0 Å². The maximum atomic E-state index is 13.1. The Hall–Kier alpha value is -2.69.